The van der Waals surface area contributed by atoms with Gasteiger partial charge in [-0.3, -0.25) is 0 Å². The maximum absolute atomic E-state index is 3.50. The second-order valence-electron chi connectivity index (χ2n) is 5.55. The first-order valence-corrected chi connectivity index (χ1v) is 8.17. The molecule has 1 heterocycles. The lowest BCUT2D eigenvalue weighted by Crippen LogP contribution is -2.26. The van der Waals surface area contributed by atoms with Crippen molar-refractivity contribution in [2.24, 2.45) is 5.92 Å². The highest BCUT2D eigenvalue weighted by Gasteiger charge is 2.21. The van der Waals surface area contributed by atoms with Gasteiger partial charge >= 0.3 is 0 Å². The fourth-order valence-corrected chi connectivity index (χ4v) is 3.20. The number of halogens is 1. The topological polar surface area (TPSA) is 15.3 Å². The number of hydrogen-bond donors (Lipinski definition) is 1. The van der Waals surface area contributed by atoms with E-state index in [4.69, 9.17) is 0 Å². The summed E-state index contributed by atoms with van der Waals surface area (Å²) < 4.78 is 1.15. The van der Waals surface area contributed by atoms with E-state index in [9.17, 15) is 0 Å². The zero-order valence-corrected chi connectivity index (χ0v) is 13.6. The van der Waals surface area contributed by atoms with Crippen LogP contribution >= 0.6 is 15.9 Å². The first kappa shape index (κ1) is 15.0. The molecule has 3 heteroatoms. The SMILES string of the molecule is CCC1CCN(CCC(NC)c2ccc(Br)cc2)C1. The van der Waals surface area contributed by atoms with Crippen molar-refractivity contribution in [2.75, 3.05) is 26.7 Å². The number of hydrogen-bond acceptors (Lipinski definition) is 2. The van der Waals surface area contributed by atoms with Gasteiger partial charge in [-0.15, -0.1) is 0 Å². The predicted molar refractivity (Wildman–Crippen MR) is 85.4 cm³/mol. The summed E-state index contributed by atoms with van der Waals surface area (Å²) in [6, 6.07) is 9.15. The van der Waals surface area contributed by atoms with E-state index in [1.165, 1.54) is 44.5 Å². The molecule has 2 unspecified atom stereocenters. The van der Waals surface area contributed by atoms with Crippen LogP contribution in [0.5, 0.6) is 0 Å². The molecule has 0 bridgehead atoms. The van der Waals surface area contributed by atoms with E-state index in [1.54, 1.807) is 0 Å². The summed E-state index contributed by atoms with van der Waals surface area (Å²) in [5.74, 6) is 0.931. The Morgan fingerprint density at radius 2 is 2.11 bits per heavy atom. The van der Waals surface area contributed by atoms with Gasteiger partial charge in [-0.05, 0) is 56.6 Å². The minimum Gasteiger partial charge on any atom is -0.313 e. The summed E-state index contributed by atoms with van der Waals surface area (Å²) in [5, 5.41) is 3.44. The molecule has 0 spiro atoms. The molecule has 1 aromatic carbocycles. The van der Waals surface area contributed by atoms with Gasteiger partial charge in [0.05, 0.1) is 0 Å². The summed E-state index contributed by atoms with van der Waals surface area (Å²) in [4.78, 5) is 2.62. The molecule has 19 heavy (non-hydrogen) atoms. The highest BCUT2D eigenvalue weighted by Crippen LogP contribution is 2.23. The van der Waals surface area contributed by atoms with Crippen LogP contribution in [0, 0.1) is 5.92 Å². The highest BCUT2D eigenvalue weighted by atomic mass is 79.9. The second-order valence-corrected chi connectivity index (χ2v) is 6.46. The third-order valence-corrected chi connectivity index (χ3v) is 4.83. The Kier molecular flexibility index (Phi) is 5.86. The summed E-state index contributed by atoms with van der Waals surface area (Å²) >= 11 is 3.50. The summed E-state index contributed by atoms with van der Waals surface area (Å²) in [6.07, 6.45) is 3.91. The first-order chi connectivity index (χ1) is 9.22. The average molecular weight is 325 g/mol. The standard InChI is InChI=1S/C16H25BrN2/c1-3-13-8-10-19(12-13)11-9-16(18-2)14-4-6-15(17)7-5-14/h4-7,13,16,18H,3,8-12H2,1-2H3. The third-order valence-electron chi connectivity index (χ3n) is 4.30. The average Bonchev–Trinajstić information content (AvgIpc) is 2.89. The molecule has 0 amide bonds. The van der Waals surface area contributed by atoms with Crippen LogP contribution in [0.3, 0.4) is 0 Å². The number of nitrogens with zero attached hydrogens (tertiary/aromatic N) is 1. The van der Waals surface area contributed by atoms with Gasteiger partial charge < -0.3 is 10.2 Å². The highest BCUT2D eigenvalue weighted by molar-refractivity contribution is 9.10. The Bertz CT molecular complexity index is 377. The number of benzene rings is 1. The van der Waals surface area contributed by atoms with Crippen LogP contribution in [0.15, 0.2) is 28.7 Å². The third kappa shape index (κ3) is 4.30. The maximum atomic E-state index is 3.50. The summed E-state index contributed by atoms with van der Waals surface area (Å²) in [6.45, 7) is 6.10. The van der Waals surface area contributed by atoms with E-state index >= 15 is 0 Å². The molecule has 1 fully saturated rings. The van der Waals surface area contributed by atoms with Crippen molar-refractivity contribution in [3.63, 3.8) is 0 Å². The lowest BCUT2D eigenvalue weighted by Gasteiger charge is -2.21. The van der Waals surface area contributed by atoms with Crippen LogP contribution < -0.4 is 5.32 Å². The molecular formula is C16H25BrN2. The molecule has 0 saturated carbocycles. The van der Waals surface area contributed by atoms with Gasteiger partial charge in [0.15, 0.2) is 0 Å². The zero-order valence-electron chi connectivity index (χ0n) is 12.0. The van der Waals surface area contributed by atoms with Gasteiger partial charge in [-0.25, -0.2) is 0 Å². The molecule has 106 valence electrons. The van der Waals surface area contributed by atoms with E-state index < -0.39 is 0 Å². The van der Waals surface area contributed by atoms with Gasteiger partial charge in [0, 0.05) is 17.1 Å². The van der Waals surface area contributed by atoms with Crippen molar-refractivity contribution >= 4 is 15.9 Å². The van der Waals surface area contributed by atoms with E-state index in [0.29, 0.717) is 6.04 Å². The largest absolute Gasteiger partial charge is 0.313 e. The van der Waals surface area contributed by atoms with E-state index in [2.05, 4.69) is 64.4 Å². The van der Waals surface area contributed by atoms with E-state index in [0.717, 1.165) is 10.4 Å². The Hall–Kier alpha value is -0.380. The van der Waals surface area contributed by atoms with Gasteiger partial charge in [0.1, 0.15) is 0 Å². The monoisotopic (exact) mass is 324 g/mol. The lowest BCUT2D eigenvalue weighted by molar-refractivity contribution is 0.301. The van der Waals surface area contributed by atoms with Crippen molar-refractivity contribution in [2.45, 2.75) is 32.2 Å². The molecule has 2 rings (SSSR count). The Balaban J connectivity index is 1.84. The lowest BCUT2D eigenvalue weighted by atomic mass is 10.0. The van der Waals surface area contributed by atoms with Crippen molar-refractivity contribution in [3.8, 4) is 0 Å². The fraction of sp³-hybridized carbons (Fsp3) is 0.625. The van der Waals surface area contributed by atoms with Crippen LogP contribution in [0.2, 0.25) is 0 Å². The van der Waals surface area contributed by atoms with Gasteiger partial charge in [-0.2, -0.15) is 0 Å². The van der Waals surface area contributed by atoms with Crippen molar-refractivity contribution in [1.29, 1.82) is 0 Å². The summed E-state index contributed by atoms with van der Waals surface area (Å²) in [5.41, 5.74) is 1.39. The molecule has 2 nitrogen and oxygen atoms in total. The van der Waals surface area contributed by atoms with Gasteiger partial charge in [-0.1, -0.05) is 41.4 Å². The van der Waals surface area contributed by atoms with Crippen molar-refractivity contribution < 1.29 is 0 Å². The molecular weight excluding hydrogens is 300 g/mol. The van der Waals surface area contributed by atoms with Crippen LogP contribution in [0.4, 0.5) is 0 Å². The second kappa shape index (κ2) is 7.41. The molecule has 1 aromatic rings. The van der Waals surface area contributed by atoms with Crippen LogP contribution in [0.25, 0.3) is 0 Å². The Labute approximate surface area is 125 Å². The number of likely N-dealkylation sites (tertiary alicyclic amines) is 1. The summed E-state index contributed by atoms with van der Waals surface area (Å²) in [7, 11) is 2.06. The molecule has 1 aliphatic heterocycles. The maximum Gasteiger partial charge on any atom is 0.0329 e. The minimum absolute atomic E-state index is 0.466. The number of rotatable bonds is 6. The number of nitrogens with one attached hydrogen (secondary N) is 1. The molecule has 0 aromatic heterocycles. The molecule has 1 saturated heterocycles. The zero-order chi connectivity index (χ0) is 13.7. The quantitative estimate of drug-likeness (QED) is 0.855. The predicted octanol–water partition coefficient (Wildman–Crippen LogP) is 3.83. The van der Waals surface area contributed by atoms with Crippen LogP contribution in [0.1, 0.15) is 37.8 Å². The van der Waals surface area contributed by atoms with E-state index in [1.807, 2.05) is 0 Å². The molecule has 1 aliphatic rings. The van der Waals surface area contributed by atoms with Crippen molar-refractivity contribution in [1.82, 2.24) is 10.2 Å². The van der Waals surface area contributed by atoms with Crippen LogP contribution in [-0.4, -0.2) is 31.6 Å². The van der Waals surface area contributed by atoms with Crippen molar-refractivity contribution in [3.05, 3.63) is 34.3 Å². The first-order valence-electron chi connectivity index (χ1n) is 7.38. The molecule has 1 N–H and O–H groups in total. The van der Waals surface area contributed by atoms with Gasteiger partial charge in [0.25, 0.3) is 0 Å². The molecule has 0 aliphatic carbocycles. The smallest absolute Gasteiger partial charge is 0.0329 e. The molecule has 0 radical (unpaired) electrons. The Morgan fingerprint density at radius 3 is 2.68 bits per heavy atom. The van der Waals surface area contributed by atoms with Gasteiger partial charge in [0.2, 0.25) is 0 Å². The van der Waals surface area contributed by atoms with E-state index in [-0.39, 0.29) is 0 Å². The normalized spacial score (nSPS) is 21.7. The fourth-order valence-electron chi connectivity index (χ4n) is 2.93. The molecule has 2 atom stereocenters. The van der Waals surface area contributed by atoms with Crippen LogP contribution in [-0.2, 0) is 0 Å². The Morgan fingerprint density at radius 1 is 1.37 bits per heavy atom. The minimum atomic E-state index is 0.466.